The van der Waals surface area contributed by atoms with Gasteiger partial charge in [-0.1, -0.05) is 18.6 Å². The van der Waals surface area contributed by atoms with Crippen LogP contribution in [0.4, 0.5) is 0 Å². The summed E-state index contributed by atoms with van der Waals surface area (Å²) >= 11 is 0. The highest BCUT2D eigenvalue weighted by Crippen LogP contribution is 2.46. The monoisotopic (exact) mass is 320 g/mol. The molecule has 6 heteroatoms. The molecule has 0 radical (unpaired) electrons. The van der Waals surface area contributed by atoms with E-state index in [0.29, 0.717) is 25.7 Å². The third-order valence-corrected chi connectivity index (χ3v) is 7.93. The van der Waals surface area contributed by atoms with E-state index >= 15 is 0 Å². The number of hydrogen-bond donors (Lipinski definition) is 1. The second-order valence-corrected chi connectivity index (χ2v) is 9.29. The van der Waals surface area contributed by atoms with Gasteiger partial charge in [-0.05, 0) is 37.3 Å². The number of fused-ring (bicyclic) bond motifs is 3. The van der Waals surface area contributed by atoms with E-state index in [1.807, 2.05) is 31.4 Å². The van der Waals surface area contributed by atoms with Gasteiger partial charge in [0.15, 0.2) is 9.84 Å². The molecule has 2 aliphatic heterocycles. The summed E-state index contributed by atoms with van der Waals surface area (Å²) < 4.78 is 26.6. The van der Waals surface area contributed by atoms with Crippen molar-refractivity contribution in [2.75, 3.05) is 0 Å². The standard InChI is InChI=1S/C16H20N2O3S/c1-18-10-11-5-6-12(7-15(11)17-18)16(19)8-13-3-2-4-14(9-16)22(13,20)21/h5-7,10,13-14,19H,2-4,8-9H2,1H3. The number of benzene rings is 1. The molecule has 3 heterocycles. The Bertz CT molecular complexity index is 820. The minimum atomic E-state index is -3.06. The number of aryl methyl sites for hydroxylation is 1. The molecule has 5 nitrogen and oxygen atoms in total. The fourth-order valence-corrected chi connectivity index (χ4v) is 6.66. The molecule has 2 saturated heterocycles. The Kier molecular flexibility index (Phi) is 2.94. The number of nitrogens with zero attached hydrogens (tertiary/aromatic N) is 2. The van der Waals surface area contributed by atoms with Crippen molar-refractivity contribution < 1.29 is 13.5 Å². The Morgan fingerprint density at radius 1 is 1.27 bits per heavy atom. The van der Waals surface area contributed by atoms with Crippen molar-refractivity contribution in [3.63, 3.8) is 0 Å². The fourth-order valence-electron chi connectivity index (χ4n) is 4.11. The van der Waals surface area contributed by atoms with Crippen LogP contribution in [0.2, 0.25) is 0 Å². The van der Waals surface area contributed by atoms with Crippen LogP contribution < -0.4 is 0 Å². The van der Waals surface area contributed by atoms with E-state index in [4.69, 9.17) is 0 Å². The van der Waals surface area contributed by atoms with Crippen LogP contribution in [-0.2, 0) is 22.5 Å². The molecule has 2 aliphatic rings. The summed E-state index contributed by atoms with van der Waals surface area (Å²) in [4.78, 5) is 0. The maximum absolute atomic E-state index is 12.4. The lowest BCUT2D eigenvalue weighted by molar-refractivity contribution is 0.00511. The number of hydrogen-bond acceptors (Lipinski definition) is 4. The molecule has 2 fully saturated rings. The number of aliphatic hydroxyl groups is 1. The molecule has 22 heavy (non-hydrogen) atoms. The summed E-state index contributed by atoms with van der Waals surface area (Å²) in [6.07, 6.45) is 4.85. The average Bonchev–Trinajstić information content (AvgIpc) is 2.79. The van der Waals surface area contributed by atoms with Gasteiger partial charge in [-0.3, -0.25) is 4.68 Å². The van der Waals surface area contributed by atoms with E-state index in [0.717, 1.165) is 22.9 Å². The minimum Gasteiger partial charge on any atom is -0.385 e. The van der Waals surface area contributed by atoms with E-state index < -0.39 is 25.9 Å². The Morgan fingerprint density at radius 2 is 1.95 bits per heavy atom. The number of aromatic nitrogens is 2. The Labute approximate surface area is 129 Å². The van der Waals surface area contributed by atoms with Gasteiger partial charge in [0.05, 0.1) is 21.6 Å². The van der Waals surface area contributed by atoms with Crippen LogP contribution in [0.5, 0.6) is 0 Å². The first kappa shape index (κ1) is 14.2. The summed E-state index contributed by atoms with van der Waals surface area (Å²) in [5.74, 6) is 0. The molecule has 1 aromatic heterocycles. The molecule has 2 unspecified atom stereocenters. The van der Waals surface area contributed by atoms with Crippen molar-refractivity contribution in [2.45, 2.75) is 48.2 Å². The summed E-state index contributed by atoms with van der Waals surface area (Å²) in [6, 6.07) is 5.77. The molecule has 118 valence electrons. The van der Waals surface area contributed by atoms with Crippen LogP contribution in [-0.4, -0.2) is 33.8 Å². The molecule has 1 aromatic carbocycles. The molecule has 0 spiro atoms. The second-order valence-electron chi connectivity index (χ2n) is 6.78. The molecular weight excluding hydrogens is 300 g/mol. The quantitative estimate of drug-likeness (QED) is 0.871. The average molecular weight is 320 g/mol. The highest BCUT2D eigenvalue weighted by molar-refractivity contribution is 7.92. The van der Waals surface area contributed by atoms with Gasteiger partial charge in [-0.2, -0.15) is 5.10 Å². The van der Waals surface area contributed by atoms with Crippen LogP contribution in [0.3, 0.4) is 0 Å². The number of sulfone groups is 1. The smallest absolute Gasteiger partial charge is 0.156 e. The third kappa shape index (κ3) is 2.01. The van der Waals surface area contributed by atoms with E-state index in [-0.39, 0.29) is 0 Å². The second kappa shape index (κ2) is 4.55. The van der Waals surface area contributed by atoms with Crippen LogP contribution in [0.1, 0.15) is 37.7 Å². The first-order valence-electron chi connectivity index (χ1n) is 7.77. The Hall–Kier alpha value is -1.40. The molecule has 4 rings (SSSR count). The molecule has 0 aliphatic carbocycles. The lowest BCUT2D eigenvalue weighted by atomic mass is 9.80. The van der Waals surface area contributed by atoms with Crippen molar-refractivity contribution in [1.82, 2.24) is 9.78 Å². The topological polar surface area (TPSA) is 72.2 Å². The molecule has 0 saturated carbocycles. The van der Waals surface area contributed by atoms with Crippen LogP contribution in [0.15, 0.2) is 24.4 Å². The van der Waals surface area contributed by atoms with Crippen LogP contribution in [0.25, 0.3) is 10.9 Å². The first-order valence-corrected chi connectivity index (χ1v) is 9.38. The summed E-state index contributed by atoms with van der Waals surface area (Å²) in [7, 11) is -1.20. The minimum absolute atomic E-state index is 0.310. The lowest BCUT2D eigenvalue weighted by Crippen LogP contribution is -2.50. The maximum atomic E-state index is 12.4. The van der Waals surface area contributed by atoms with E-state index in [2.05, 4.69) is 5.10 Å². The zero-order chi connectivity index (χ0) is 15.5. The third-order valence-electron chi connectivity index (χ3n) is 5.27. The van der Waals surface area contributed by atoms with Crippen molar-refractivity contribution in [1.29, 1.82) is 0 Å². The maximum Gasteiger partial charge on any atom is 0.156 e. The largest absolute Gasteiger partial charge is 0.385 e. The van der Waals surface area contributed by atoms with E-state index in [1.165, 1.54) is 0 Å². The van der Waals surface area contributed by atoms with Gasteiger partial charge in [-0.15, -0.1) is 0 Å². The predicted octanol–water partition coefficient (Wildman–Crippen LogP) is 1.89. The van der Waals surface area contributed by atoms with Gasteiger partial charge in [0, 0.05) is 18.6 Å². The molecule has 1 N–H and O–H groups in total. The normalized spacial score (nSPS) is 33.9. The number of rotatable bonds is 1. The Morgan fingerprint density at radius 3 is 2.64 bits per heavy atom. The summed E-state index contributed by atoms with van der Waals surface area (Å²) in [5.41, 5.74) is 0.588. The SMILES string of the molecule is Cn1cc2ccc(C3(O)CC4CCCC(C3)S4(=O)=O)cc2n1. The van der Waals surface area contributed by atoms with Crippen molar-refractivity contribution in [3.8, 4) is 0 Å². The highest BCUT2D eigenvalue weighted by Gasteiger charge is 2.50. The van der Waals surface area contributed by atoms with Gasteiger partial charge >= 0.3 is 0 Å². The van der Waals surface area contributed by atoms with Gasteiger partial charge in [0.25, 0.3) is 0 Å². The fraction of sp³-hybridized carbons (Fsp3) is 0.562. The zero-order valence-electron chi connectivity index (χ0n) is 12.6. The summed E-state index contributed by atoms with van der Waals surface area (Å²) in [5, 5.41) is 15.8. The van der Waals surface area contributed by atoms with Crippen LogP contribution >= 0.6 is 0 Å². The predicted molar refractivity (Wildman–Crippen MR) is 84.2 cm³/mol. The Balaban J connectivity index is 1.77. The lowest BCUT2D eigenvalue weighted by Gasteiger charge is -2.44. The van der Waals surface area contributed by atoms with Crippen LogP contribution in [0, 0.1) is 0 Å². The van der Waals surface area contributed by atoms with Gasteiger partial charge < -0.3 is 5.11 Å². The van der Waals surface area contributed by atoms with Crippen molar-refractivity contribution >= 4 is 20.7 Å². The summed E-state index contributed by atoms with van der Waals surface area (Å²) in [6.45, 7) is 0. The highest BCUT2D eigenvalue weighted by atomic mass is 32.2. The van der Waals surface area contributed by atoms with Crippen molar-refractivity contribution in [2.24, 2.45) is 7.05 Å². The van der Waals surface area contributed by atoms with E-state index in [9.17, 15) is 13.5 Å². The first-order chi connectivity index (χ1) is 10.4. The van der Waals surface area contributed by atoms with E-state index in [1.54, 1.807) is 4.68 Å². The molecule has 2 bridgehead atoms. The van der Waals surface area contributed by atoms with Gasteiger partial charge in [0.2, 0.25) is 0 Å². The molecule has 2 atom stereocenters. The van der Waals surface area contributed by atoms with Crippen molar-refractivity contribution in [3.05, 3.63) is 30.0 Å². The molecule has 0 amide bonds. The van der Waals surface area contributed by atoms with Gasteiger partial charge in [-0.25, -0.2) is 8.42 Å². The molecular formula is C16H20N2O3S. The zero-order valence-corrected chi connectivity index (χ0v) is 13.4. The van der Waals surface area contributed by atoms with Gasteiger partial charge in [0.1, 0.15) is 0 Å². The molecule has 2 aromatic rings.